The molecular weight excluding hydrogens is 399 g/mol. The van der Waals surface area contributed by atoms with Crippen molar-refractivity contribution in [3.63, 3.8) is 0 Å². The van der Waals surface area contributed by atoms with Crippen molar-refractivity contribution < 1.29 is 27.4 Å². The molecule has 1 amide bonds. The van der Waals surface area contributed by atoms with Crippen molar-refractivity contribution in [2.24, 2.45) is 0 Å². The fraction of sp³-hybridized carbons (Fsp3) is 0.111. The number of nitrogens with zero attached hydrogens (tertiary/aromatic N) is 2. The van der Waals surface area contributed by atoms with Crippen LogP contribution in [0.1, 0.15) is 10.5 Å². The number of alkyl halides is 2. The highest BCUT2D eigenvalue weighted by Gasteiger charge is 2.17. The molecule has 146 valence electrons. The van der Waals surface area contributed by atoms with Gasteiger partial charge in [-0.2, -0.15) is 13.9 Å². The number of amides is 1. The molecule has 0 bridgehead atoms. The lowest BCUT2D eigenvalue weighted by Crippen LogP contribution is -2.20. The van der Waals surface area contributed by atoms with E-state index in [2.05, 4.69) is 15.2 Å². The van der Waals surface area contributed by atoms with Crippen molar-refractivity contribution in [1.82, 2.24) is 9.78 Å². The molecule has 1 aromatic heterocycles. The van der Waals surface area contributed by atoms with Gasteiger partial charge < -0.3 is 14.8 Å². The van der Waals surface area contributed by atoms with Crippen LogP contribution in [0, 0.1) is 5.82 Å². The summed E-state index contributed by atoms with van der Waals surface area (Å²) in [5.74, 6) is -1.43. The van der Waals surface area contributed by atoms with Crippen LogP contribution >= 0.6 is 11.6 Å². The Kier molecular flexibility index (Phi) is 6.05. The van der Waals surface area contributed by atoms with Crippen LogP contribution in [0.4, 0.5) is 18.9 Å². The molecule has 0 aliphatic rings. The van der Waals surface area contributed by atoms with Gasteiger partial charge in [-0.1, -0.05) is 11.6 Å². The van der Waals surface area contributed by atoms with E-state index >= 15 is 0 Å². The lowest BCUT2D eigenvalue weighted by atomic mass is 10.2. The van der Waals surface area contributed by atoms with E-state index in [9.17, 15) is 18.0 Å². The number of ether oxygens (including phenoxy) is 2. The van der Waals surface area contributed by atoms with E-state index in [1.807, 2.05) is 0 Å². The van der Waals surface area contributed by atoms with E-state index in [1.165, 1.54) is 16.9 Å². The second-order valence-electron chi connectivity index (χ2n) is 5.42. The van der Waals surface area contributed by atoms with Crippen molar-refractivity contribution in [3.05, 3.63) is 71.3 Å². The van der Waals surface area contributed by atoms with Crippen molar-refractivity contribution in [1.29, 1.82) is 0 Å². The van der Waals surface area contributed by atoms with Gasteiger partial charge in [0.25, 0.3) is 5.91 Å². The average Bonchev–Trinajstić information content (AvgIpc) is 3.12. The predicted molar refractivity (Wildman–Crippen MR) is 95.3 cm³/mol. The summed E-state index contributed by atoms with van der Waals surface area (Å²) in [4.78, 5) is 12.5. The first-order valence-electron chi connectivity index (χ1n) is 7.88. The molecule has 0 aliphatic heterocycles. The van der Waals surface area contributed by atoms with Crippen LogP contribution in [0.3, 0.4) is 0 Å². The Bertz CT molecular complexity index is 964. The number of benzene rings is 2. The number of carbonyl (C=O) groups is 1. The summed E-state index contributed by atoms with van der Waals surface area (Å²) in [5.41, 5.74) is -0.0145. The minimum Gasteiger partial charge on any atom is -0.471 e. The summed E-state index contributed by atoms with van der Waals surface area (Å²) in [5, 5.41) is 6.93. The zero-order chi connectivity index (χ0) is 20.1. The van der Waals surface area contributed by atoms with Gasteiger partial charge in [0.2, 0.25) is 0 Å². The quantitative estimate of drug-likeness (QED) is 0.618. The minimum absolute atomic E-state index is 0.0821. The summed E-state index contributed by atoms with van der Waals surface area (Å²) in [7, 11) is 0. The normalized spacial score (nSPS) is 10.8. The van der Waals surface area contributed by atoms with Crippen LogP contribution in [0.2, 0.25) is 5.02 Å². The number of anilines is 1. The Morgan fingerprint density at radius 2 is 1.93 bits per heavy atom. The fourth-order valence-corrected chi connectivity index (χ4v) is 2.40. The van der Waals surface area contributed by atoms with Crippen LogP contribution in [0.5, 0.6) is 11.5 Å². The Morgan fingerprint density at radius 1 is 1.18 bits per heavy atom. The number of aromatic nitrogens is 2. The third kappa shape index (κ3) is 4.95. The molecule has 2 aromatic carbocycles. The van der Waals surface area contributed by atoms with Crippen LogP contribution in [0.15, 0.2) is 54.7 Å². The Balaban J connectivity index is 1.72. The van der Waals surface area contributed by atoms with E-state index in [0.717, 1.165) is 18.2 Å². The van der Waals surface area contributed by atoms with Crippen LogP contribution in [-0.4, -0.2) is 22.3 Å². The number of rotatable bonds is 7. The van der Waals surface area contributed by atoms with Gasteiger partial charge >= 0.3 is 6.61 Å². The lowest BCUT2D eigenvalue weighted by Gasteiger charge is -2.13. The topological polar surface area (TPSA) is 65.4 Å². The second-order valence-corrected chi connectivity index (χ2v) is 5.85. The highest BCUT2D eigenvalue weighted by Crippen LogP contribution is 2.27. The Hall–Kier alpha value is -3.20. The van der Waals surface area contributed by atoms with Crippen molar-refractivity contribution >= 4 is 23.2 Å². The Morgan fingerprint density at radius 3 is 2.64 bits per heavy atom. The summed E-state index contributed by atoms with van der Waals surface area (Å²) in [6.07, 6.45) is 1.38. The van der Waals surface area contributed by atoms with Crippen LogP contribution in [0.25, 0.3) is 0 Å². The first-order valence-corrected chi connectivity index (χ1v) is 8.26. The number of hydrogen-bond acceptors (Lipinski definition) is 4. The van der Waals surface area contributed by atoms with Gasteiger partial charge in [0.15, 0.2) is 12.5 Å². The molecule has 3 aromatic rings. The van der Waals surface area contributed by atoms with Gasteiger partial charge in [-0.05, 0) is 42.5 Å². The smallest absolute Gasteiger partial charge is 0.387 e. The molecule has 3 rings (SSSR count). The molecule has 0 saturated heterocycles. The summed E-state index contributed by atoms with van der Waals surface area (Å²) < 4.78 is 49.3. The van der Waals surface area contributed by atoms with E-state index in [1.54, 1.807) is 24.3 Å². The first kappa shape index (κ1) is 19.6. The minimum atomic E-state index is -3.17. The molecular formula is C18H13ClF3N3O3. The maximum absolute atomic E-state index is 13.3. The van der Waals surface area contributed by atoms with E-state index in [4.69, 9.17) is 16.3 Å². The first-order chi connectivity index (χ1) is 13.4. The van der Waals surface area contributed by atoms with Crippen LogP contribution < -0.4 is 14.8 Å². The maximum Gasteiger partial charge on any atom is 0.387 e. The molecule has 0 aliphatic carbocycles. The largest absolute Gasteiger partial charge is 0.471 e. The number of carbonyl (C=O) groups excluding carboxylic acids is 1. The molecule has 10 heteroatoms. The molecule has 28 heavy (non-hydrogen) atoms. The molecule has 0 unspecified atom stereocenters. The molecule has 1 heterocycles. The van der Waals surface area contributed by atoms with Crippen LogP contribution in [-0.2, 0) is 6.73 Å². The van der Waals surface area contributed by atoms with Gasteiger partial charge in [-0.25, -0.2) is 9.07 Å². The molecule has 0 saturated carbocycles. The average molecular weight is 412 g/mol. The van der Waals surface area contributed by atoms with Crippen molar-refractivity contribution in [2.75, 3.05) is 5.32 Å². The highest BCUT2D eigenvalue weighted by atomic mass is 35.5. The Labute approximate surface area is 162 Å². The third-order valence-corrected chi connectivity index (χ3v) is 3.78. The van der Waals surface area contributed by atoms with Crippen molar-refractivity contribution in [2.45, 2.75) is 13.3 Å². The number of hydrogen-bond donors (Lipinski definition) is 1. The summed E-state index contributed by atoms with van der Waals surface area (Å²) >= 11 is 5.80. The molecule has 0 atom stereocenters. The monoisotopic (exact) mass is 411 g/mol. The SMILES string of the molecule is O=C(Nc1ccc(F)cc1OC(F)F)c1ccnn1COc1ccc(Cl)cc1. The number of halogens is 4. The van der Waals surface area contributed by atoms with Crippen molar-refractivity contribution in [3.8, 4) is 11.5 Å². The predicted octanol–water partition coefficient (Wildman–Crippen LogP) is 4.57. The zero-order valence-corrected chi connectivity index (χ0v) is 14.9. The lowest BCUT2D eigenvalue weighted by molar-refractivity contribution is -0.0495. The highest BCUT2D eigenvalue weighted by molar-refractivity contribution is 6.30. The molecule has 0 spiro atoms. The van der Waals surface area contributed by atoms with Gasteiger partial charge in [0, 0.05) is 17.3 Å². The maximum atomic E-state index is 13.3. The van der Waals surface area contributed by atoms with E-state index in [0.29, 0.717) is 10.8 Å². The zero-order valence-electron chi connectivity index (χ0n) is 14.1. The van der Waals surface area contributed by atoms with Gasteiger partial charge in [-0.15, -0.1) is 0 Å². The summed E-state index contributed by atoms with van der Waals surface area (Å²) in [6, 6.07) is 10.9. The molecule has 0 fully saturated rings. The molecule has 1 N–H and O–H groups in total. The van der Waals surface area contributed by atoms with Gasteiger partial charge in [0.1, 0.15) is 17.3 Å². The second kappa shape index (κ2) is 8.66. The van der Waals surface area contributed by atoms with E-state index in [-0.39, 0.29) is 18.1 Å². The third-order valence-electron chi connectivity index (χ3n) is 3.52. The van der Waals surface area contributed by atoms with E-state index < -0.39 is 24.1 Å². The fourth-order valence-electron chi connectivity index (χ4n) is 2.27. The number of nitrogens with one attached hydrogen (secondary N) is 1. The summed E-state index contributed by atoms with van der Waals surface area (Å²) in [6.45, 7) is -3.25. The molecule has 0 radical (unpaired) electrons. The standard InChI is InChI=1S/C18H13ClF3N3O3/c19-11-1-4-13(5-2-11)27-10-25-15(7-8-23-25)17(26)24-14-6-3-12(20)9-16(14)28-18(21)22/h1-9,18H,10H2,(H,24,26). The van der Waals surface area contributed by atoms with Gasteiger partial charge in [0.05, 0.1) is 5.69 Å². The molecule has 6 nitrogen and oxygen atoms in total. The van der Waals surface area contributed by atoms with Gasteiger partial charge in [-0.3, -0.25) is 4.79 Å².